The molecule has 0 bridgehead atoms. The van der Waals surface area contributed by atoms with E-state index in [9.17, 15) is 4.79 Å². The second kappa shape index (κ2) is 7.73. The van der Waals surface area contributed by atoms with E-state index in [0.29, 0.717) is 11.3 Å². The van der Waals surface area contributed by atoms with Gasteiger partial charge in [0.15, 0.2) is 0 Å². The first-order chi connectivity index (χ1) is 16.1. The maximum atomic E-state index is 12.6. The van der Waals surface area contributed by atoms with E-state index in [1.807, 2.05) is 42.5 Å². The average molecular weight is 438 g/mol. The Labute approximate surface area is 192 Å². The Morgan fingerprint density at radius 1 is 0.939 bits per heavy atom. The number of pyridine rings is 1. The van der Waals surface area contributed by atoms with Gasteiger partial charge in [-0.05, 0) is 31.4 Å². The average Bonchev–Trinajstić information content (AvgIpc) is 3.26. The van der Waals surface area contributed by atoms with Crippen LogP contribution in [0.3, 0.4) is 0 Å². The van der Waals surface area contributed by atoms with Crippen LogP contribution >= 0.6 is 0 Å². The molecule has 4 aromatic rings. The molecule has 1 fully saturated rings. The molecule has 1 amide bonds. The van der Waals surface area contributed by atoms with Gasteiger partial charge in [0.05, 0.1) is 16.7 Å². The highest BCUT2D eigenvalue weighted by Gasteiger charge is 2.41. The van der Waals surface area contributed by atoms with E-state index < -0.39 is 5.91 Å². The zero-order valence-corrected chi connectivity index (χ0v) is 18.6. The molecule has 0 saturated heterocycles. The lowest BCUT2D eigenvalue weighted by atomic mass is 9.78. The number of aromatic nitrogens is 3. The van der Waals surface area contributed by atoms with Gasteiger partial charge in [-0.2, -0.15) is 5.10 Å². The molecule has 2 aromatic heterocycles. The Bertz CT molecular complexity index is 1350. The van der Waals surface area contributed by atoms with Crippen LogP contribution in [0.5, 0.6) is 0 Å². The number of carbonyl (C=O) groups excluding carboxylic acids is 1. The number of anilines is 1. The molecule has 6 nitrogen and oxygen atoms in total. The van der Waals surface area contributed by atoms with E-state index in [0.717, 1.165) is 59.3 Å². The first kappa shape index (κ1) is 20.0. The highest BCUT2D eigenvalue weighted by atomic mass is 16.1. The van der Waals surface area contributed by atoms with Gasteiger partial charge in [-0.1, -0.05) is 67.8 Å². The number of benzene rings is 2. The number of hydrogen-bond donors (Lipinski definition) is 2. The monoisotopic (exact) mass is 437 g/mol. The van der Waals surface area contributed by atoms with Crippen molar-refractivity contribution in [2.45, 2.75) is 44.1 Å². The molecule has 2 aliphatic rings. The number of nitrogens with zero attached hydrogens (tertiary/aromatic N) is 3. The molecular formula is C27H27N5O. The predicted molar refractivity (Wildman–Crippen MR) is 131 cm³/mol. The molecule has 1 aliphatic carbocycles. The van der Waals surface area contributed by atoms with Crippen molar-refractivity contribution in [3.05, 3.63) is 66.2 Å². The van der Waals surface area contributed by atoms with Crippen LogP contribution in [0.25, 0.3) is 33.4 Å². The van der Waals surface area contributed by atoms with Gasteiger partial charge < -0.3 is 11.1 Å². The molecule has 1 aliphatic heterocycles. The second-order valence-corrected chi connectivity index (χ2v) is 9.28. The van der Waals surface area contributed by atoms with Gasteiger partial charge in [0, 0.05) is 23.1 Å². The van der Waals surface area contributed by atoms with Crippen molar-refractivity contribution in [1.29, 1.82) is 0 Å². The second-order valence-electron chi connectivity index (χ2n) is 9.28. The molecule has 6 rings (SSSR count). The van der Waals surface area contributed by atoms with Crippen LogP contribution in [0.15, 0.2) is 60.7 Å². The molecule has 1 spiro atoms. The van der Waals surface area contributed by atoms with Crippen LogP contribution in [-0.2, 0) is 5.54 Å². The Balaban J connectivity index is 1.50. The summed E-state index contributed by atoms with van der Waals surface area (Å²) in [5, 5.41) is 9.50. The SMILES string of the molecule is NC(=O)c1c(-c2ccc3ccc(-c4ccccc4)nc3c2)nn2c1NCCC21CCCCC1. The lowest BCUT2D eigenvalue weighted by molar-refractivity contribution is 0.100. The Hall–Kier alpha value is -3.67. The molecule has 166 valence electrons. The van der Waals surface area contributed by atoms with Crippen molar-refractivity contribution >= 4 is 22.6 Å². The summed E-state index contributed by atoms with van der Waals surface area (Å²) < 4.78 is 2.09. The third kappa shape index (κ3) is 3.28. The minimum atomic E-state index is -0.447. The van der Waals surface area contributed by atoms with Crippen molar-refractivity contribution < 1.29 is 4.79 Å². The van der Waals surface area contributed by atoms with E-state index in [1.165, 1.54) is 19.3 Å². The first-order valence-electron chi connectivity index (χ1n) is 11.8. The molecular weight excluding hydrogens is 410 g/mol. The Kier molecular flexibility index (Phi) is 4.68. The molecule has 0 radical (unpaired) electrons. The van der Waals surface area contributed by atoms with Gasteiger partial charge >= 0.3 is 0 Å². The Morgan fingerprint density at radius 2 is 1.73 bits per heavy atom. The topological polar surface area (TPSA) is 85.8 Å². The van der Waals surface area contributed by atoms with Gasteiger partial charge in [-0.15, -0.1) is 0 Å². The smallest absolute Gasteiger partial charge is 0.254 e. The van der Waals surface area contributed by atoms with Crippen LogP contribution < -0.4 is 11.1 Å². The van der Waals surface area contributed by atoms with Crippen molar-refractivity contribution in [3.8, 4) is 22.5 Å². The predicted octanol–water partition coefficient (Wildman–Crippen LogP) is 5.34. The van der Waals surface area contributed by atoms with Crippen LogP contribution in [0, 0.1) is 0 Å². The molecule has 6 heteroatoms. The minimum absolute atomic E-state index is 0.0170. The summed E-state index contributed by atoms with van der Waals surface area (Å²) in [4.78, 5) is 17.5. The molecule has 3 N–H and O–H groups in total. The van der Waals surface area contributed by atoms with E-state index in [1.54, 1.807) is 0 Å². The standard InChI is InChI=1S/C27H27N5O/c28-25(33)23-24(31-32-26(23)29-16-15-27(32)13-5-2-6-14-27)20-10-9-19-11-12-21(30-22(19)17-20)18-7-3-1-4-8-18/h1,3-4,7-12,17,29H,2,5-6,13-16H2,(H2,28,33). The highest BCUT2D eigenvalue weighted by molar-refractivity contribution is 6.04. The fourth-order valence-electron chi connectivity index (χ4n) is 5.59. The van der Waals surface area contributed by atoms with Gasteiger partial charge in [0.1, 0.15) is 17.1 Å². The highest BCUT2D eigenvalue weighted by Crippen LogP contribution is 2.44. The molecule has 1 saturated carbocycles. The normalized spacial score (nSPS) is 17.0. The molecule has 0 atom stereocenters. The number of nitrogens with two attached hydrogens (primary N) is 1. The first-order valence-corrected chi connectivity index (χ1v) is 11.8. The third-order valence-corrected chi connectivity index (χ3v) is 7.28. The summed E-state index contributed by atoms with van der Waals surface area (Å²) >= 11 is 0. The van der Waals surface area contributed by atoms with Gasteiger partial charge in [-0.3, -0.25) is 4.79 Å². The summed E-state index contributed by atoms with van der Waals surface area (Å²) in [6.45, 7) is 0.838. The van der Waals surface area contributed by atoms with Gasteiger partial charge in [0.2, 0.25) is 0 Å². The fourth-order valence-corrected chi connectivity index (χ4v) is 5.59. The van der Waals surface area contributed by atoms with Crippen molar-refractivity contribution in [1.82, 2.24) is 14.8 Å². The number of nitrogens with one attached hydrogen (secondary N) is 1. The van der Waals surface area contributed by atoms with Crippen LogP contribution in [-0.4, -0.2) is 27.2 Å². The maximum Gasteiger partial charge on any atom is 0.254 e. The number of primary amides is 1. The van der Waals surface area contributed by atoms with Crippen molar-refractivity contribution in [2.75, 3.05) is 11.9 Å². The summed E-state index contributed by atoms with van der Waals surface area (Å²) in [5.74, 6) is 0.328. The summed E-state index contributed by atoms with van der Waals surface area (Å²) in [5.41, 5.74) is 10.7. The number of rotatable bonds is 3. The van der Waals surface area contributed by atoms with Crippen LogP contribution in [0.2, 0.25) is 0 Å². The van der Waals surface area contributed by atoms with Gasteiger partial charge in [0.25, 0.3) is 5.91 Å². The zero-order valence-electron chi connectivity index (χ0n) is 18.6. The number of amides is 1. The summed E-state index contributed by atoms with van der Waals surface area (Å²) in [6.07, 6.45) is 6.88. The quantitative estimate of drug-likeness (QED) is 0.453. The van der Waals surface area contributed by atoms with Crippen molar-refractivity contribution in [2.24, 2.45) is 5.73 Å². The number of fused-ring (bicyclic) bond motifs is 3. The summed E-state index contributed by atoms with van der Waals surface area (Å²) in [6, 6.07) is 20.3. The lowest BCUT2D eigenvalue weighted by Gasteiger charge is -2.41. The molecule has 33 heavy (non-hydrogen) atoms. The molecule has 3 heterocycles. The van der Waals surface area contributed by atoms with Gasteiger partial charge in [-0.25, -0.2) is 9.67 Å². The van der Waals surface area contributed by atoms with E-state index in [4.69, 9.17) is 15.8 Å². The van der Waals surface area contributed by atoms with E-state index in [2.05, 4.69) is 28.2 Å². The third-order valence-electron chi connectivity index (χ3n) is 7.28. The molecule has 0 unspecified atom stereocenters. The van der Waals surface area contributed by atoms with E-state index in [-0.39, 0.29) is 5.54 Å². The minimum Gasteiger partial charge on any atom is -0.369 e. The maximum absolute atomic E-state index is 12.6. The van der Waals surface area contributed by atoms with E-state index >= 15 is 0 Å². The summed E-state index contributed by atoms with van der Waals surface area (Å²) in [7, 11) is 0. The van der Waals surface area contributed by atoms with Crippen LogP contribution in [0.4, 0.5) is 5.82 Å². The lowest BCUT2D eigenvalue weighted by Crippen LogP contribution is -2.43. The number of carbonyl (C=O) groups is 1. The largest absolute Gasteiger partial charge is 0.369 e. The van der Waals surface area contributed by atoms with Crippen molar-refractivity contribution in [3.63, 3.8) is 0 Å². The molecule has 2 aromatic carbocycles. The zero-order chi connectivity index (χ0) is 22.4. The number of hydrogen-bond acceptors (Lipinski definition) is 4. The fraction of sp³-hybridized carbons (Fsp3) is 0.296. The van der Waals surface area contributed by atoms with Crippen LogP contribution in [0.1, 0.15) is 48.9 Å². The Morgan fingerprint density at radius 3 is 2.52 bits per heavy atom.